The summed E-state index contributed by atoms with van der Waals surface area (Å²) in [7, 11) is 1.91. The lowest BCUT2D eigenvalue weighted by molar-refractivity contribution is -0.132. The third kappa shape index (κ3) is 3.21. The van der Waals surface area contributed by atoms with Crippen LogP contribution in [-0.2, 0) is 4.79 Å². The van der Waals surface area contributed by atoms with Crippen molar-refractivity contribution in [3.8, 4) is 0 Å². The van der Waals surface area contributed by atoms with Crippen molar-refractivity contribution in [2.24, 2.45) is 5.92 Å². The average molecular weight is 224 g/mol. The zero-order valence-corrected chi connectivity index (χ0v) is 10.4. The van der Waals surface area contributed by atoms with Gasteiger partial charge in [-0.1, -0.05) is 19.3 Å². The van der Waals surface area contributed by atoms with Crippen molar-refractivity contribution in [2.45, 2.75) is 51.0 Å². The van der Waals surface area contributed by atoms with E-state index in [4.69, 9.17) is 0 Å². The minimum atomic E-state index is 0.302. The van der Waals surface area contributed by atoms with Crippen molar-refractivity contribution < 1.29 is 4.79 Å². The zero-order chi connectivity index (χ0) is 11.4. The normalized spacial score (nSPS) is 28.4. The quantitative estimate of drug-likeness (QED) is 0.792. The van der Waals surface area contributed by atoms with E-state index in [1.54, 1.807) is 0 Å². The second-order valence-corrected chi connectivity index (χ2v) is 5.42. The molecule has 0 aromatic rings. The van der Waals surface area contributed by atoms with Gasteiger partial charge in [0.15, 0.2) is 0 Å². The molecule has 0 radical (unpaired) electrons. The number of piperidine rings is 1. The van der Waals surface area contributed by atoms with Gasteiger partial charge in [0, 0.05) is 26.1 Å². The molecule has 0 bridgehead atoms. The highest BCUT2D eigenvalue weighted by molar-refractivity contribution is 5.76. The summed E-state index contributed by atoms with van der Waals surface area (Å²) in [5.41, 5.74) is 0. The standard InChI is InChI=1S/C13H24N2O/c1-15-10-12(7-8-13(15)16)14-9-11-5-3-2-4-6-11/h11-12,14H,2-10H2,1H3. The number of likely N-dealkylation sites (tertiary alicyclic amines) is 1. The summed E-state index contributed by atoms with van der Waals surface area (Å²) < 4.78 is 0. The summed E-state index contributed by atoms with van der Waals surface area (Å²) in [6.45, 7) is 2.05. The largest absolute Gasteiger partial charge is 0.344 e. The van der Waals surface area contributed by atoms with Crippen molar-refractivity contribution in [3.63, 3.8) is 0 Å². The van der Waals surface area contributed by atoms with Gasteiger partial charge in [-0.3, -0.25) is 4.79 Å². The van der Waals surface area contributed by atoms with Crippen LogP contribution in [0.1, 0.15) is 44.9 Å². The fourth-order valence-electron chi connectivity index (χ4n) is 2.90. The average Bonchev–Trinajstić information content (AvgIpc) is 2.32. The predicted molar refractivity (Wildman–Crippen MR) is 65.2 cm³/mol. The smallest absolute Gasteiger partial charge is 0.222 e. The molecule has 1 amide bonds. The van der Waals surface area contributed by atoms with Gasteiger partial charge in [0.1, 0.15) is 0 Å². The summed E-state index contributed by atoms with van der Waals surface area (Å²) in [6, 6.07) is 0.532. The highest BCUT2D eigenvalue weighted by Gasteiger charge is 2.23. The molecule has 3 heteroatoms. The molecule has 1 saturated heterocycles. The first-order chi connectivity index (χ1) is 7.75. The molecule has 1 heterocycles. The first-order valence-electron chi connectivity index (χ1n) is 6.73. The van der Waals surface area contributed by atoms with Crippen LogP contribution in [-0.4, -0.2) is 37.0 Å². The summed E-state index contributed by atoms with van der Waals surface area (Å²) in [6.07, 6.45) is 8.79. The Morgan fingerprint density at radius 1 is 1.25 bits per heavy atom. The van der Waals surface area contributed by atoms with Crippen LogP contribution in [0.5, 0.6) is 0 Å². The predicted octanol–water partition coefficient (Wildman–Crippen LogP) is 1.78. The van der Waals surface area contributed by atoms with E-state index in [1.165, 1.54) is 32.1 Å². The molecule has 2 fully saturated rings. The van der Waals surface area contributed by atoms with Crippen LogP contribution >= 0.6 is 0 Å². The molecule has 2 rings (SSSR count). The Labute approximate surface area is 98.6 Å². The molecule has 1 unspecified atom stereocenters. The van der Waals surface area contributed by atoms with Gasteiger partial charge in [-0.15, -0.1) is 0 Å². The Morgan fingerprint density at radius 2 is 2.00 bits per heavy atom. The number of carbonyl (C=O) groups is 1. The zero-order valence-electron chi connectivity index (χ0n) is 10.4. The van der Waals surface area contributed by atoms with Crippen molar-refractivity contribution >= 4 is 5.91 Å². The van der Waals surface area contributed by atoms with Gasteiger partial charge in [0.25, 0.3) is 0 Å². The number of likely N-dealkylation sites (N-methyl/N-ethyl adjacent to an activating group) is 1. The Balaban J connectivity index is 1.67. The third-order valence-corrected chi connectivity index (χ3v) is 4.05. The first kappa shape index (κ1) is 11.9. The van der Waals surface area contributed by atoms with Gasteiger partial charge in [0.05, 0.1) is 0 Å². The Bertz CT molecular complexity index is 236. The van der Waals surface area contributed by atoms with Crippen molar-refractivity contribution in [2.75, 3.05) is 20.1 Å². The van der Waals surface area contributed by atoms with E-state index < -0.39 is 0 Å². The van der Waals surface area contributed by atoms with Gasteiger partial charge in [-0.05, 0) is 31.7 Å². The maximum absolute atomic E-state index is 11.3. The number of nitrogens with one attached hydrogen (secondary N) is 1. The lowest BCUT2D eigenvalue weighted by Gasteiger charge is -2.32. The molecule has 92 valence electrons. The summed E-state index contributed by atoms with van der Waals surface area (Å²) in [4.78, 5) is 13.2. The van der Waals surface area contributed by atoms with E-state index in [0.29, 0.717) is 11.9 Å². The van der Waals surface area contributed by atoms with E-state index in [2.05, 4.69) is 5.32 Å². The lowest BCUT2D eigenvalue weighted by Crippen LogP contribution is -2.47. The van der Waals surface area contributed by atoms with Gasteiger partial charge in [-0.25, -0.2) is 0 Å². The number of hydrogen-bond donors (Lipinski definition) is 1. The van der Waals surface area contributed by atoms with Crippen LogP contribution in [0.2, 0.25) is 0 Å². The summed E-state index contributed by atoms with van der Waals surface area (Å²) in [5.74, 6) is 1.19. The Kier molecular flexibility index (Phi) is 4.22. The molecule has 0 spiro atoms. The van der Waals surface area contributed by atoms with Crippen molar-refractivity contribution in [1.82, 2.24) is 10.2 Å². The van der Waals surface area contributed by atoms with Gasteiger partial charge < -0.3 is 10.2 Å². The third-order valence-electron chi connectivity index (χ3n) is 4.05. The first-order valence-corrected chi connectivity index (χ1v) is 6.73. The molecule has 0 aromatic heterocycles. The number of amides is 1. The maximum atomic E-state index is 11.3. The fraction of sp³-hybridized carbons (Fsp3) is 0.923. The minimum absolute atomic E-state index is 0.302. The molecule has 0 aromatic carbocycles. The number of carbonyl (C=O) groups excluding carboxylic acids is 1. The molecule has 1 atom stereocenters. The van der Waals surface area contributed by atoms with Crippen LogP contribution in [0.15, 0.2) is 0 Å². The van der Waals surface area contributed by atoms with Crippen LogP contribution in [0.3, 0.4) is 0 Å². The number of rotatable bonds is 3. The molecule has 3 nitrogen and oxygen atoms in total. The van der Waals surface area contributed by atoms with Gasteiger partial charge in [0.2, 0.25) is 5.91 Å². The van der Waals surface area contributed by atoms with E-state index in [1.807, 2.05) is 11.9 Å². The molecule has 2 aliphatic rings. The highest BCUT2D eigenvalue weighted by atomic mass is 16.2. The summed E-state index contributed by atoms with van der Waals surface area (Å²) in [5, 5.41) is 3.65. The van der Waals surface area contributed by atoms with Crippen molar-refractivity contribution in [1.29, 1.82) is 0 Å². The van der Waals surface area contributed by atoms with Gasteiger partial charge in [-0.2, -0.15) is 0 Å². The Hall–Kier alpha value is -0.570. The lowest BCUT2D eigenvalue weighted by atomic mass is 9.89. The maximum Gasteiger partial charge on any atom is 0.222 e. The van der Waals surface area contributed by atoms with Crippen LogP contribution in [0, 0.1) is 5.92 Å². The Morgan fingerprint density at radius 3 is 2.69 bits per heavy atom. The topological polar surface area (TPSA) is 32.3 Å². The molecule has 1 aliphatic carbocycles. The molecular formula is C13H24N2O. The van der Waals surface area contributed by atoms with Crippen molar-refractivity contribution in [3.05, 3.63) is 0 Å². The van der Waals surface area contributed by atoms with Crippen LogP contribution in [0.25, 0.3) is 0 Å². The van der Waals surface area contributed by atoms with E-state index in [-0.39, 0.29) is 0 Å². The van der Waals surface area contributed by atoms with Crippen LogP contribution in [0.4, 0.5) is 0 Å². The van der Waals surface area contributed by atoms with Crippen LogP contribution < -0.4 is 5.32 Å². The molecule has 1 N–H and O–H groups in total. The number of nitrogens with zero attached hydrogens (tertiary/aromatic N) is 1. The molecular weight excluding hydrogens is 200 g/mol. The van der Waals surface area contributed by atoms with E-state index in [0.717, 1.165) is 31.8 Å². The van der Waals surface area contributed by atoms with E-state index >= 15 is 0 Å². The minimum Gasteiger partial charge on any atom is -0.344 e. The molecule has 1 aliphatic heterocycles. The van der Waals surface area contributed by atoms with Gasteiger partial charge >= 0.3 is 0 Å². The second-order valence-electron chi connectivity index (χ2n) is 5.42. The molecule has 16 heavy (non-hydrogen) atoms. The number of hydrogen-bond acceptors (Lipinski definition) is 2. The SMILES string of the molecule is CN1CC(NCC2CCCCC2)CCC1=O. The fourth-order valence-corrected chi connectivity index (χ4v) is 2.90. The monoisotopic (exact) mass is 224 g/mol. The summed E-state index contributed by atoms with van der Waals surface area (Å²) >= 11 is 0. The second kappa shape index (κ2) is 5.67. The van der Waals surface area contributed by atoms with E-state index in [9.17, 15) is 4.79 Å². The highest BCUT2D eigenvalue weighted by Crippen LogP contribution is 2.23. The molecule has 1 saturated carbocycles.